The van der Waals surface area contributed by atoms with E-state index < -0.39 is 0 Å². The van der Waals surface area contributed by atoms with E-state index in [2.05, 4.69) is 15.0 Å². The Bertz CT molecular complexity index is 1130. The molecule has 0 spiro atoms. The number of nitrogens with one attached hydrogen (secondary N) is 1. The number of rotatable bonds is 3. The Balaban J connectivity index is 1.36. The Morgan fingerprint density at radius 2 is 2.14 bits per heavy atom. The number of piperidine rings is 1. The lowest BCUT2D eigenvalue weighted by molar-refractivity contribution is 0.0664. The van der Waals surface area contributed by atoms with E-state index in [1.165, 1.54) is 0 Å². The topological polar surface area (TPSA) is 79.2 Å². The maximum Gasteiger partial charge on any atom is 0.272 e. The first kappa shape index (κ1) is 16.9. The second-order valence-corrected chi connectivity index (χ2v) is 7.50. The molecule has 0 radical (unpaired) electrons. The number of aromatic amines is 1. The van der Waals surface area contributed by atoms with E-state index in [-0.39, 0.29) is 5.91 Å². The van der Waals surface area contributed by atoms with E-state index in [0.717, 1.165) is 54.9 Å². The van der Waals surface area contributed by atoms with E-state index in [0.29, 0.717) is 17.4 Å². The largest absolute Gasteiger partial charge is 0.342 e. The van der Waals surface area contributed by atoms with E-state index >= 15 is 0 Å². The summed E-state index contributed by atoms with van der Waals surface area (Å²) in [5, 5.41) is 0. The monoisotopic (exact) mass is 374 g/mol. The number of amides is 1. The highest BCUT2D eigenvalue weighted by Crippen LogP contribution is 2.23. The van der Waals surface area contributed by atoms with Gasteiger partial charge in [0.15, 0.2) is 0 Å². The van der Waals surface area contributed by atoms with Crippen molar-refractivity contribution in [1.82, 2.24) is 29.2 Å². The molecule has 0 saturated carbocycles. The van der Waals surface area contributed by atoms with Crippen molar-refractivity contribution < 1.29 is 4.79 Å². The summed E-state index contributed by atoms with van der Waals surface area (Å²) in [4.78, 5) is 32.0. The number of fused-ring (bicyclic) bond motifs is 2. The minimum absolute atomic E-state index is 0.0345. The number of carbonyl (C=O) groups is 1. The molecule has 5 rings (SSSR count). The summed E-state index contributed by atoms with van der Waals surface area (Å²) in [5.74, 6) is 2.00. The van der Waals surface area contributed by atoms with Crippen molar-refractivity contribution in [2.45, 2.75) is 26.2 Å². The van der Waals surface area contributed by atoms with E-state index in [4.69, 9.17) is 4.98 Å². The molecule has 4 heterocycles. The minimum atomic E-state index is 0.0345. The van der Waals surface area contributed by atoms with Gasteiger partial charge in [0.05, 0.1) is 16.7 Å². The molecular formula is C21H22N6O. The zero-order chi connectivity index (χ0) is 19.1. The average molecular weight is 374 g/mol. The van der Waals surface area contributed by atoms with E-state index in [1.54, 1.807) is 10.6 Å². The molecule has 1 fully saturated rings. The van der Waals surface area contributed by atoms with Crippen molar-refractivity contribution in [2.75, 3.05) is 13.1 Å². The number of imidazole rings is 2. The number of aromatic nitrogens is 5. The smallest absolute Gasteiger partial charge is 0.272 e. The molecule has 1 saturated heterocycles. The molecule has 7 nitrogen and oxygen atoms in total. The summed E-state index contributed by atoms with van der Waals surface area (Å²) in [7, 11) is 0. The van der Waals surface area contributed by atoms with E-state index in [9.17, 15) is 4.79 Å². The summed E-state index contributed by atoms with van der Waals surface area (Å²) in [6, 6.07) is 9.91. The summed E-state index contributed by atoms with van der Waals surface area (Å²) in [5.41, 5.74) is 3.40. The summed E-state index contributed by atoms with van der Waals surface area (Å²) in [6.07, 6.45) is 6.51. The number of carbonyl (C=O) groups excluding carboxylic acids is 1. The van der Waals surface area contributed by atoms with Gasteiger partial charge in [-0.2, -0.15) is 0 Å². The molecule has 1 amide bonds. The van der Waals surface area contributed by atoms with Crippen LogP contribution in [0.15, 0.2) is 42.7 Å². The maximum absolute atomic E-state index is 13.2. The number of nitrogens with zero attached hydrogens (tertiary/aromatic N) is 5. The van der Waals surface area contributed by atoms with Crippen molar-refractivity contribution in [1.29, 1.82) is 0 Å². The zero-order valence-electron chi connectivity index (χ0n) is 15.8. The Morgan fingerprint density at radius 3 is 3.04 bits per heavy atom. The first-order valence-electron chi connectivity index (χ1n) is 9.71. The minimum Gasteiger partial charge on any atom is -0.342 e. The molecule has 0 bridgehead atoms. The van der Waals surface area contributed by atoms with E-state index in [1.807, 2.05) is 48.4 Å². The van der Waals surface area contributed by atoms with Gasteiger partial charge in [-0.25, -0.2) is 15.0 Å². The second-order valence-electron chi connectivity index (χ2n) is 7.50. The van der Waals surface area contributed by atoms with Crippen LogP contribution < -0.4 is 0 Å². The first-order chi connectivity index (χ1) is 13.7. The molecule has 0 unspecified atom stereocenters. The van der Waals surface area contributed by atoms with Crippen LogP contribution in [0.25, 0.3) is 16.8 Å². The normalized spacial score (nSPS) is 17.5. The van der Waals surface area contributed by atoms with Gasteiger partial charge in [-0.1, -0.05) is 12.1 Å². The van der Waals surface area contributed by atoms with Crippen LogP contribution in [0.1, 0.15) is 34.8 Å². The number of hydrogen-bond acceptors (Lipinski definition) is 4. The third-order valence-electron chi connectivity index (χ3n) is 5.51. The fraction of sp³-hybridized carbons (Fsp3) is 0.333. The number of likely N-dealkylation sites (tertiary alicyclic amines) is 1. The molecule has 1 aliphatic heterocycles. The molecule has 7 heteroatoms. The van der Waals surface area contributed by atoms with Crippen LogP contribution in [-0.2, 0) is 6.42 Å². The molecular weight excluding hydrogens is 352 g/mol. The fourth-order valence-electron chi connectivity index (χ4n) is 4.20. The predicted molar refractivity (Wildman–Crippen MR) is 106 cm³/mol. The quantitative estimate of drug-likeness (QED) is 0.598. The molecule has 4 aromatic rings. The maximum atomic E-state index is 13.2. The van der Waals surface area contributed by atoms with Gasteiger partial charge >= 0.3 is 0 Å². The van der Waals surface area contributed by atoms with Crippen LogP contribution in [0.3, 0.4) is 0 Å². The highest BCUT2D eigenvalue weighted by atomic mass is 16.2. The van der Waals surface area contributed by atoms with Crippen LogP contribution in [0.5, 0.6) is 0 Å². The number of hydrogen-bond donors (Lipinski definition) is 1. The van der Waals surface area contributed by atoms with Gasteiger partial charge in [0.25, 0.3) is 5.91 Å². The third kappa shape index (κ3) is 2.93. The average Bonchev–Trinajstić information content (AvgIpc) is 3.26. The van der Waals surface area contributed by atoms with Crippen LogP contribution in [-0.4, -0.2) is 48.2 Å². The number of H-pyrrole nitrogens is 1. The lowest BCUT2D eigenvalue weighted by atomic mass is 9.94. The molecule has 1 aromatic carbocycles. The lowest BCUT2D eigenvalue weighted by Crippen LogP contribution is -2.41. The number of para-hydroxylation sites is 2. The van der Waals surface area contributed by atoms with Crippen LogP contribution in [0.4, 0.5) is 0 Å². The van der Waals surface area contributed by atoms with Crippen molar-refractivity contribution in [3.05, 3.63) is 59.9 Å². The Labute approximate surface area is 162 Å². The van der Waals surface area contributed by atoms with Gasteiger partial charge < -0.3 is 9.88 Å². The molecule has 142 valence electrons. The SMILES string of the molecule is Cc1nc2ncccn2c1C(=O)N1CCC[C@@H](Cc2nc3ccccc3[nH]2)C1. The predicted octanol–water partition coefficient (Wildman–Crippen LogP) is 3.01. The Hall–Kier alpha value is -3.22. The first-order valence-corrected chi connectivity index (χ1v) is 9.71. The van der Waals surface area contributed by atoms with Crippen LogP contribution in [0, 0.1) is 12.8 Å². The zero-order valence-corrected chi connectivity index (χ0v) is 15.8. The van der Waals surface area contributed by atoms with Gasteiger partial charge in [-0.15, -0.1) is 0 Å². The van der Waals surface area contributed by atoms with Crippen LogP contribution in [0.2, 0.25) is 0 Å². The Kier molecular flexibility index (Phi) is 4.07. The molecule has 1 atom stereocenters. The second kappa shape index (κ2) is 6.74. The van der Waals surface area contributed by atoms with Crippen LogP contribution >= 0.6 is 0 Å². The summed E-state index contributed by atoms with van der Waals surface area (Å²) < 4.78 is 1.79. The Morgan fingerprint density at radius 1 is 1.25 bits per heavy atom. The standard InChI is InChI=1S/C21H22N6O/c1-14-19(27-11-5-9-22-21(27)23-14)20(28)26-10-4-6-15(13-26)12-18-24-16-7-2-3-8-17(16)25-18/h2-3,5,7-9,11,15H,4,6,10,12-13H2,1H3,(H,24,25)/t15-/m0/s1. The summed E-state index contributed by atoms with van der Waals surface area (Å²) >= 11 is 0. The highest BCUT2D eigenvalue weighted by molar-refractivity contribution is 5.94. The molecule has 1 N–H and O–H groups in total. The van der Waals surface area contributed by atoms with Crippen molar-refractivity contribution >= 4 is 22.7 Å². The lowest BCUT2D eigenvalue weighted by Gasteiger charge is -2.32. The van der Waals surface area contributed by atoms with Gasteiger partial charge in [0.2, 0.25) is 5.78 Å². The van der Waals surface area contributed by atoms with Crippen molar-refractivity contribution in [2.24, 2.45) is 5.92 Å². The summed E-state index contributed by atoms with van der Waals surface area (Å²) in [6.45, 7) is 3.39. The van der Waals surface area contributed by atoms with Crippen molar-refractivity contribution in [3.8, 4) is 0 Å². The fourth-order valence-corrected chi connectivity index (χ4v) is 4.20. The molecule has 28 heavy (non-hydrogen) atoms. The highest BCUT2D eigenvalue weighted by Gasteiger charge is 2.28. The van der Waals surface area contributed by atoms with Gasteiger partial charge in [-0.05, 0) is 43.9 Å². The van der Waals surface area contributed by atoms with Gasteiger partial charge in [0, 0.05) is 31.9 Å². The van der Waals surface area contributed by atoms with Gasteiger partial charge in [-0.3, -0.25) is 9.20 Å². The van der Waals surface area contributed by atoms with Gasteiger partial charge in [0.1, 0.15) is 11.5 Å². The number of aryl methyl sites for hydroxylation is 1. The number of benzene rings is 1. The molecule has 0 aliphatic carbocycles. The molecule has 3 aromatic heterocycles. The van der Waals surface area contributed by atoms with Crippen molar-refractivity contribution in [3.63, 3.8) is 0 Å². The third-order valence-corrected chi connectivity index (χ3v) is 5.51. The molecule has 1 aliphatic rings.